The number of hydrogen-bond acceptors (Lipinski definition) is 9. The number of morpholine rings is 1. The van der Waals surface area contributed by atoms with E-state index in [4.69, 9.17) is 4.74 Å². The molecule has 3 amide bonds. The molecule has 2 aliphatic rings. The fourth-order valence-electron chi connectivity index (χ4n) is 4.08. The van der Waals surface area contributed by atoms with Gasteiger partial charge in [-0.3, -0.25) is 19.3 Å². The van der Waals surface area contributed by atoms with Crippen molar-refractivity contribution < 1.29 is 19.1 Å². The van der Waals surface area contributed by atoms with Gasteiger partial charge in [0.05, 0.1) is 42.5 Å². The number of carbonyl (C=O) groups excluding carboxylic acids is 3. The summed E-state index contributed by atoms with van der Waals surface area (Å²) in [5.41, 5.74) is 1.34. The number of anilines is 1. The molecule has 0 saturated carbocycles. The first-order valence-electron chi connectivity index (χ1n) is 10.9. The van der Waals surface area contributed by atoms with E-state index in [9.17, 15) is 14.4 Å². The van der Waals surface area contributed by atoms with Crippen LogP contribution in [0.1, 0.15) is 20.7 Å². The molecule has 1 saturated heterocycles. The molecule has 176 valence electrons. The molecule has 12 heteroatoms. The molecule has 3 aromatic rings. The van der Waals surface area contributed by atoms with Crippen LogP contribution in [0.4, 0.5) is 5.82 Å². The molecule has 0 spiro atoms. The van der Waals surface area contributed by atoms with Gasteiger partial charge in [0.1, 0.15) is 12.4 Å². The van der Waals surface area contributed by atoms with E-state index in [1.807, 2.05) is 6.26 Å². The van der Waals surface area contributed by atoms with Crippen molar-refractivity contribution in [3.05, 3.63) is 41.6 Å². The average Bonchev–Trinajstić information content (AvgIpc) is 3.38. The molecular formula is C22H23N7O4S. The second-order valence-corrected chi connectivity index (χ2v) is 8.60. The summed E-state index contributed by atoms with van der Waals surface area (Å²) in [6.45, 7) is 3.11. The lowest BCUT2D eigenvalue weighted by atomic mass is 10.1. The highest BCUT2D eigenvalue weighted by Gasteiger charge is 2.36. The molecule has 5 rings (SSSR count). The minimum atomic E-state index is -0.453. The minimum Gasteiger partial charge on any atom is -0.378 e. The van der Waals surface area contributed by atoms with Gasteiger partial charge in [-0.15, -0.1) is 0 Å². The van der Waals surface area contributed by atoms with Crippen molar-refractivity contribution in [2.24, 2.45) is 0 Å². The Morgan fingerprint density at radius 3 is 2.50 bits per heavy atom. The van der Waals surface area contributed by atoms with Crippen LogP contribution in [0.3, 0.4) is 0 Å². The van der Waals surface area contributed by atoms with Crippen molar-refractivity contribution in [2.75, 3.05) is 50.5 Å². The van der Waals surface area contributed by atoms with Crippen molar-refractivity contribution >= 4 is 46.3 Å². The van der Waals surface area contributed by atoms with Crippen LogP contribution in [0.5, 0.6) is 0 Å². The van der Waals surface area contributed by atoms with Gasteiger partial charge in [-0.1, -0.05) is 23.9 Å². The summed E-state index contributed by atoms with van der Waals surface area (Å²) >= 11 is 1.46. The van der Waals surface area contributed by atoms with E-state index in [1.165, 1.54) is 11.8 Å². The van der Waals surface area contributed by atoms with Gasteiger partial charge < -0.3 is 15.0 Å². The fourth-order valence-corrected chi connectivity index (χ4v) is 4.43. The lowest BCUT2D eigenvalue weighted by Crippen LogP contribution is -2.41. The van der Waals surface area contributed by atoms with Crippen LogP contribution in [0.15, 0.2) is 35.6 Å². The first-order chi connectivity index (χ1) is 16.6. The summed E-state index contributed by atoms with van der Waals surface area (Å²) in [5.74, 6) is -0.491. The third-order valence-corrected chi connectivity index (χ3v) is 6.32. The van der Waals surface area contributed by atoms with Gasteiger partial charge in [0, 0.05) is 19.6 Å². The number of hydrogen-bond donors (Lipinski definition) is 1. The number of aromatic nitrogens is 4. The Hall–Kier alpha value is -3.51. The Kier molecular flexibility index (Phi) is 6.16. The van der Waals surface area contributed by atoms with Gasteiger partial charge in [0.2, 0.25) is 5.91 Å². The molecule has 2 aliphatic heterocycles. The third-order valence-electron chi connectivity index (χ3n) is 5.77. The second kappa shape index (κ2) is 9.39. The summed E-state index contributed by atoms with van der Waals surface area (Å²) in [7, 11) is 0. The van der Waals surface area contributed by atoms with Crippen LogP contribution in [0.25, 0.3) is 11.0 Å². The maximum absolute atomic E-state index is 12.5. The Bertz CT molecular complexity index is 1240. The quantitative estimate of drug-likeness (QED) is 0.296. The first-order valence-corrected chi connectivity index (χ1v) is 12.1. The molecule has 0 bridgehead atoms. The lowest BCUT2D eigenvalue weighted by Gasteiger charge is -2.28. The van der Waals surface area contributed by atoms with E-state index in [1.54, 1.807) is 35.1 Å². The number of imide groups is 1. The van der Waals surface area contributed by atoms with Gasteiger partial charge in [-0.25, -0.2) is 14.6 Å². The molecule has 4 heterocycles. The van der Waals surface area contributed by atoms with Crippen molar-refractivity contribution in [2.45, 2.75) is 11.7 Å². The maximum atomic E-state index is 12.5. The number of rotatable bonds is 7. The normalized spacial score (nSPS) is 15.8. The summed E-state index contributed by atoms with van der Waals surface area (Å²) in [5, 5.41) is 8.71. The highest BCUT2D eigenvalue weighted by Crippen LogP contribution is 2.27. The van der Waals surface area contributed by atoms with E-state index in [0.29, 0.717) is 41.7 Å². The lowest BCUT2D eigenvalue weighted by molar-refractivity contribution is -0.121. The van der Waals surface area contributed by atoms with E-state index >= 15 is 0 Å². The van der Waals surface area contributed by atoms with Gasteiger partial charge >= 0.3 is 0 Å². The second-order valence-electron chi connectivity index (χ2n) is 7.83. The predicted molar refractivity (Wildman–Crippen MR) is 125 cm³/mol. The summed E-state index contributed by atoms with van der Waals surface area (Å²) < 4.78 is 7.18. The molecule has 0 atom stereocenters. The molecule has 0 radical (unpaired) electrons. The largest absolute Gasteiger partial charge is 0.378 e. The Morgan fingerprint density at radius 1 is 1.12 bits per heavy atom. The van der Waals surface area contributed by atoms with Crippen molar-refractivity contribution in [3.8, 4) is 0 Å². The number of ether oxygens (including phenoxy) is 1. The van der Waals surface area contributed by atoms with Crippen molar-refractivity contribution in [3.63, 3.8) is 0 Å². The van der Waals surface area contributed by atoms with Crippen LogP contribution in [-0.4, -0.2) is 88.0 Å². The molecule has 2 aromatic heterocycles. The van der Waals surface area contributed by atoms with E-state index < -0.39 is 17.7 Å². The third kappa shape index (κ3) is 4.10. The summed E-state index contributed by atoms with van der Waals surface area (Å²) in [4.78, 5) is 49.8. The van der Waals surface area contributed by atoms with Crippen LogP contribution in [0.2, 0.25) is 0 Å². The highest BCUT2D eigenvalue weighted by molar-refractivity contribution is 7.98. The molecule has 1 aromatic carbocycles. The molecule has 1 fully saturated rings. The predicted octanol–water partition coefficient (Wildman–Crippen LogP) is 0.797. The zero-order valence-electron chi connectivity index (χ0n) is 18.6. The smallest absolute Gasteiger partial charge is 0.262 e. The monoisotopic (exact) mass is 481 g/mol. The van der Waals surface area contributed by atoms with Gasteiger partial charge in [-0.05, 0) is 18.4 Å². The zero-order valence-corrected chi connectivity index (χ0v) is 19.4. The number of amides is 3. The van der Waals surface area contributed by atoms with E-state index in [2.05, 4.69) is 25.3 Å². The standard InChI is InChI=1S/C22H23N7O4S/c1-34-22-25-18(27-8-10-33-11-9-27)16-12-24-29(19(16)26-22)7-6-23-17(30)13-28-20(31)14-4-2-3-5-15(14)21(28)32/h2-5,12H,6-11,13H2,1H3,(H,23,30). The molecule has 11 nitrogen and oxygen atoms in total. The zero-order chi connectivity index (χ0) is 23.7. The average molecular weight is 482 g/mol. The van der Waals surface area contributed by atoms with E-state index in [-0.39, 0.29) is 13.1 Å². The number of thioether (sulfide) groups is 1. The highest BCUT2D eigenvalue weighted by atomic mass is 32.2. The topological polar surface area (TPSA) is 123 Å². The Labute approximate surface area is 199 Å². The molecule has 0 unspecified atom stereocenters. The van der Waals surface area contributed by atoms with Crippen LogP contribution in [0, 0.1) is 0 Å². The van der Waals surface area contributed by atoms with Crippen molar-refractivity contribution in [1.29, 1.82) is 0 Å². The SMILES string of the molecule is CSc1nc(N2CCOCC2)c2cnn(CCNC(=O)CN3C(=O)c4ccccc4C3=O)c2n1. The van der Waals surface area contributed by atoms with Crippen molar-refractivity contribution in [1.82, 2.24) is 30.0 Å². The first kappa shape index (κ1) is 22.3. The van der Waals surface area contributed by atoms with Gasteiger partial charge in [0.25, 0.3) is 11.8 Å². The molecule has 0 aliphatic carbocycles. The van der Waals surface area contributed by atoms with Crippen LogP contribution >= 0.6 is 11.8 Å². The molecular weight excluding hydrogens is 458 g/mol. The minimum absolute atomic E-state index is 0.268. The molecule has 1 N–H and O–H groups in total. The fraction of sp³-hybridized carbons (Fsp3) is 0.364. The Balaban J connectivity index is 1.24. The maximum Gasteiger partial charge on any atom is 0.262 e. The number of benzene rings is 1. The summed E-state index contributed by atoms with van der Waals surface area (Å²) in [6, 6.07) is 6.56. The number of fused-ring (bicyclic) bond motifs is 2. The summed E-state index contributed by atoms with van der Waals surface area (Å²) in [6.07, 6.45) is 3.66. The van der Waals surface area contributed by atoms with Gasteiger partial charge in [0.15, 0.2) is 10.8 Å². The van der Waals surface area contributed by atoms with Crippen LogP contribution < -0.4 is 10.2 Å². The Morgan fingerprint density at radius 2 is 1.82 bits per heavy atom. The number of nitrogens with one attached hydrogen (secondary N) is 1. The van der Waals surface area contributed by atoms with Crippen LogP contribution in [-0.2, 0) is 16.1 Å². The molecule has 34 heavy (non-hydrogen) atoms. The van der Waals surface area contributed by atoms with E-state index in [0.717, 1.165) is 29.2 Å². The number of nitrogens with zero attached hydrogens (tertiary/aromatic N) is 6. The van der Waals surface area contributed by atoms with Gasteiger partial charge in [-0.2, -0.15) is 5.10 Å². The number of carbonyl (C=O) groups is 3.